The number of thioether (sulfide) groups is 1. The Morgan fingerprint density at radius 3 is 2.50 bits per heavy atom. The molecule has 8 heavy (non-hydrogen) atoms. The molecule has 0 spiro atoms. The van der Waals surface area contributed by atoms with Crippen molar-refractivity contribution in [3.8, 4) is 0 Å². The average molecular weight is 168 g/mol. The molecular weight excluding hydrogens is 164 g/mol. The van der Waals surface area contributed by atoms with Crippen molar-refractivity contribution in [3.05, 3.63) is 0 Å². The fourth-order valence-corrected chi connectivity index (χ4v) is 0.741. The first kappa shape index (κ1) is 8.26. The van der Waals surface area contributed by atoms with Crippen molar-refractivity contribution in [1.82, 2.24) is 0 Å². The molecule has 0 amide bonds. The Kier molecular flexibility index (Phi) is 4.31. The normalized spacial score (nSPS) is 8.62. The smallest absolute Gasteiger partial charge is 0.313 e. The third-order valence-corrected chi connectivity index (χ3v) is 1.70. The van der Waals surface area contributed by atoms with Gasteiger partial charge in [-0.3, -0.25) is 4.79 Å². The molecule has 0 radical (unpaired) electrons. The van der Waals surface area contributed by atoms with Crippen LogP contribution >= 0.6 is 36.6 Å². The maximum Gasteiger partial charge on any atom is 0.313 e. The standard InChI is InChI=1S/C3H4O2S3/c4-2(5)1-8-3(6)7/h1H2,(H,4,5)(H,6,7). The summed E-state index contributed by atoms with van der Waals surface area (Å²) in [6.45, 7) is 0. The van der Waals surface area contributed by atoms with Crippen LogP contribution in [-0.2, 0) is 4.79 Å². The van der Waals surface area contributed by atoms with E-state index in [-0.39, 0.29) is 5.75 Å². The molecule has 0 saturated carbocycles. The molecule has 46 valence electrons. The van der Waals surface area contributed by atoms with Gasteiger partial charge in [0.25, 0.3) is 0 Å². The van der Waals surface area contributed by atoms with Crippen LogP contribution < -0.4 is 0 Å². The summed E-state index contributed by atoms with van der Waals surface area (Å²) >= 11 is 9.22. The van der Waals surface area contributed by atoms with Crippen molar-refractivity contribution in [2.45, 2.75) is 0 Å². The van der Waals surface area contributed by atoms with Crippen LogP contribution in [0.4, 0.5) is 0 Å². The Morgan fingerprint density at radius 1 is 1.88 bits per heavy atom. The van der Waals surface area contributed by atoms with Crippen LogP contribution in [0.5, 0.6) is 0 Å². The Bertz CT molecular complexity index is 97.1. The molecule has 0 unspecified atom stereocenters. The second-order valence-corrected chi connectivity index (χ2v) is 3.65. The molecule has 0 saturated heterocycles. The number of carboxylic acid groups (broad SMARTS) is 1. The van der Waals surface area contributed by atoms with Gasteiger partial charge in [-0.05, 0) is 0 Å². The first-order valence-electron chi connectivity index (χ1n) is 1.70. The van der Waals surface area contributed by atoms with Gasteiger partial charge in [-0.15, -0.1) is 12.6 Å². The predicted octanol–water partition coefficient (Wildman–Crippen LogP) is 1.02. The molecule has 0 heterocycles. The molecule has 0 aromatic rings. The number of thiol groups is 1. The van der Waals surface area contributed by atoms with E-state index in [1.165, 1.54) is 0 Å². The molecule has 0 aliphatic rings. The van der Waals surface area contributed by atoms with Gasteiger partial charge in [0.1, 0.15) is 3.53 Å². The highest BCUT2D eigenvalue weighted by Gasteiger charge is 1.96. The molecule has 0 rings (SSSR count). The fraction of sp³-hybridized carbons (Fsp3) is 0.333. The average Bonchev–Trinajstić information content (AvgIpc) is 1.61. The van der Waals surface area contributed by atoms with E-state index in [9.17, 15) is 4.79 Å². The highest BCUT2D eigenvalue weighted by atomic mass is 32.2. The van der Waals surface area contributed by atoms with Gasteiger partial charge >= 0.3 is 5.97 Å². The maximum absolute atomic E-state index is 9.79. The van der Waals surface area contributed by atoms with Crippen LogP contribution in [0.1, 0.15) is 0 Å². The topological polar surface area (TPSA) is 37.3 Å². The molecule has 0 atom stereocenters. The minimum Gasteiger partial charge on any atom is -0.481 e. The number of hydrogen-bond donors (Lipinski definition) is 2. The summed E-state index contributed by atoms with van der Waals surface area (Å²) in [6, 6.07) is 0. The number of carbonyl (C=O) groups is 1. The third-order valence-electron chi connectivity index (χ3n) is 0.319. The second-order valence-electron chi connectivity index (χ2n) is 0.948. The molecule has 1 N–H and O–H groups in total. The lowest BCUT2D eigenvalue weighted by Crippen LogP contribution is -1.98. The highest BCUT2D eigenvalue weighted by Crippen LogP contribution is 2.05. The van der Waals surface area contributed by atoms with Gasteiger partial charge in [0, 0.05) is 0 Å². The van der Waals surface area contributed by atoms with Gasteiger partial charge in [-0.2, -0.15) is 0 Å². The summed E-state index contributed by atoms with van der Waals surface area (Å²) in [7, 11) is 0. The number of thiocarbonyl (C=S) groups is 1. The summed E-state index contributed by atoms with van der Waals surface area (Å²) in [5.74, 6) is -0.867. The van der Waals surface area contributed by atoms with E-state index in [2.05, 4.69) is 24.8 Å². The van der Waals surface area contributed by atoms with Crippen LogP contribution in [0.2, 0.25) is 0 Å². The van der Waals surface area contributed by atoms with E-state index in [0.717, 1.165) is 11.8 Å². The van der Waals surface area contributed by atoms with Gasteiger partial charge in [0.05, 0.1) is 5.75 Å². The lowest BCUT2D eigenvalue weighted by atomic mass is 10.8. The van der Waals surface area contributed by atoms with E-state index in [1.807, 2.05) is 0 Å². The quantitative estimate of drug-likeness (QED) is 0.477. The van der Waals surface area contributed by atoms with Crippen molar-refractivity contribution in [2.75, 3.05) is 5.75 Å². The van der Waals surface area contributed by atoms with Crippen LogP contribution in [0.15, 0.2) is 0 Å². The van der Waals surface area contributed by atoms with Gasteiger partial charge < -0.3 is 5.11 Å². The van der Waals surface area contributed by atoms with E-state index >= 15 is 0 Å². The maximum atomic E-state index is 9.79. The van der Waals surface area contributed by atoms with E-state index < -0.39 is 5.97 Å². The molecule has 0 bridgehead atoms. The molecule has 0 fully saturated rings. The Hall–Kier alpha value is 0.260. The SMILES string of the molecule is O=C(O)CSC(=S)S. The van der Waals surface area contributed by atoms with Gasteiger partial charge in [0.2, 0.25) is 0 Å². The van der Waals surface area contributed by atoms with Gasteiger partial charge in [-0.25, -0.2) is 0 Å². The zero-order chi connectivity index (χ0) is 6.57. The molecule has 0 aliphatic heterocycles. The minimum atomic E-state index is -0.869. The molecule has 2 nitrogen and oxygen atoms in total. The van der Waals surface area contributed by atoms with E-state index in [0.29, 0.717) is 3.53 Å². The molecule has 0 aromatic heterocycles. The molecule has 0 aliphatic carbocycles. The van der Waals surface area contributed by atoms with Crippen molar-refractivity contribution in [3.63, 3.8) is 0 Å². The number of aliphatic carboxylic acids is 1. The van der Waals surface area contributed by atoms with Crippen LogP contribution in [0.25, 0.3) is 0 Å². The Morgan fingerprint density at radius 2 is 2.38 bits per heavy atom. The van der Waals surface area contributed by atoms with Crippen LogP contribution in [0.3, 0.4) is 0 Å². The molecular formula is C3H4O2S3. The van der Waals surface area contributed by atoms with Crippen LogP contribution in [-0.4, -0.2) is 20.4 Å². The van der Waals surface area contributed by atoms with Crippen molar-refractivity contribution in [2.24, 2.45) is 0 Å². The minimum absolute atomic E-state index is 0.00231. The summed E-state index contributed by atoms with van der Waals surface area (Å²) in [4.78, 5) is 9.79. The van der Waals surface area contributed by atoms with E-state index in [1.54, 1.807) is 0 Å². The predicted molar refractivity (Wildman–Crippen MR) is 41.7 cm³/mol. The monoisotopic (exact) mass is 168 g/mol. The lowest BCUT2D eigenvalue weighted by molar-refractivity contribution is -0.133. The Labute approximate surface area is 62.1 Å². The summed E-state index contributed by atoms with van der Waals surface area (Å²) in [5.41, 5.74) is 0. The lowest BCUT2D eigenvalue weighted by Gasteiger charge is -1.88. The van der Waals surface area contributed by atoms with Gasteiger partial charge in [0.15, 0.2) is 0 Å². The fourth-order valence-electron chi connectivity index (χ4n) is 0.123. The Balaban J connectivity index is 3.18. The summed E-state index contributed by atoms with van der Waals surface area (Å²) in [5, 5.41) is 8.05. The summed E-state index contributed by atoms with van der Waals surface area (Å²) < 4.78 is 0.368. The zero-order valence-corrected chi connectivity index (χ0v) is 6.35. The summed E-state index contributed by atoms with van der Waals surface area (Å²) in [6.07, 6.45) is 0. The molecule has 5 heteroatoms. The largest absolute Gasteiger partial charge is 0.481 e. The number of rotatable bonds is 2. The van der Waals surface area contributed by atoms with Crippen molar-refractivity contribution < 1.29 is 9.90 Å². The van der Waals surface area contributed by atoms with Crippen LogP contribution in [0, 0.1) is 0 Å². The number of carboxylic acids is 1. The number of hydrogen-bond acceptors (Lipinski definition) is 3. The second kappa shape index (κ2) is 4.17. The van der Waals surface area contributed by atoms with Crippen molar-refractivity contribution in [1.29, 1.82) is 0 Å². The molecule has 0 aromatic carbocycles. The van der Waals surface area contributed by atoms with E-state index in [4.69, 9.17) is 5.11 Å². The van der Waals surface area contributed by atoms with Gasteiger partial charge in [-0.1, -0.05) is 24.0 Å². The first-order chi connectivity index (χ1) is 3.63. The highest BCUT2D eigenvalue weighted by molar-refractivity contribution is 8.41. The zero-order valence-electron chi connectivity index (χ0n) is 3.83. The van der Waals surface area contributed by atoms with Crippen molar-refractivity contribution >= 4 is 46.1 Å². The third kappa shape index (κ3) is 6.26. The first-order valence-corrected chi connectivity index (χ1v) is 3.54.